The molecule has 2 N–H and O–H groups in total. The third-order valence-electron chi connectivity index (χ3n) is 3.46. The van der Waals surface area contributed by atoms with Gasteiger partial charge in [-0.2, -0.15) is 0 Å². The molecule has 114 valence electrons. The zero-order valence-electron chi connectivity index (χ0n) is 12.0. The highest BCUT2D eigenvalue weighted by Gasteiger charge is 2.23. The highest BCUT2D eigenvalue weighted by atomic mass is 16.5. The lowest BCUT2D eigenvalue weighted by atomic mass is 10.1. The number of hydrogen-bond donors (Lipinski definition) is 2. The largest absolute Gasteiger partial charge is 0.488 e. The van der Waals surface area contributed by atoms with Crippen molar-refractivity contribution in [2.45, 2.75) is 25.9 Å². The summed E-state index contributed by atoms with van der Waals surface area (Å²) in [5, 5.41) is 11.5. The van der Waals surface area contributed by atoms with Crippen LogP contribution in [0.2, 0.25) is 0 Å². The van der Waals surface area contributed by atoms with Gasteiger partial charge in [0.05, 0.1) is 13.0 Å². The summed E-state index contributed by atoms with van der Waals surface area (Å²) in [6.45, 7) is 2.93. The van der Waals surface area contributed by atoms with Gasteiger partial charge in [-0.15, -0.1) is 0 Å². The topological polar surface area (TPSA) is 78.9 Å². The van der Waals surface area contributed by atoms with Crippen molar-refractivity contribution < 1.29 is 19.4 Å². The van der Waals surface area contributed by atoms with E-state index in [9.17, 15) is 9.59 Å². The third kappa shape index (κ3) is 4.11. The predicted molar refractivity (Wildman–Crippen MR) is 77.5 cm³/mol. The van der Waals surface area contributed by atoms with Gasteiger partial charge >= 0.3 is 12.0 Å². The first-order valence-corrected chi connectivity index (χ1v) is 7.09. The highest BCUT2D eigenvalue weighted by Crippen LogP contribution is 2.27. The molecule has 0 fully saturated rings. The molecule has 1 aromatic rings. The Morgan fingerprint density at radius 2 is 2.19 bits per heavy atom. The third-order valence-corrected chi connectivity index (χ3v) is 3.46. The number of para-hydroxylation sites is 1. The van der Waals surface area contributed by atoms with Crippen LogP contribution in [0, 0.1) is 0 Å². The monoisotopic (exact) mass is 292 g/mol. The standard InChI is InChI=1S/C15H20N2O4/c1-2-17(8-7-14(18)19)15(20)16-10-12-9-11-5-3-4-6-13(11)21-12/h3-6,12H,2,7-10H2,1H3,(H,16,20)(H,18,19). The molecule has 0 spiro atoms. The maximum atomic E-state index is 12.0. The quantitative estimate of drug-likeness (QED) is 0.832. The van der Waals surface area contributed by atoms with Crippen LogP contribution in [-0.2, 0) is 11.2 Å². The van der Waals surface area contributed by atoms with Gasteiger partial charge in [0.1, 0.15) is 11.9 Å². The summed E-state index contributed by atoms with van der Waals surface area (Å²) in [7, 11) is 0. The Morgan fingerprint density at radius 3 is 2.86 bits per heavy atom. The molecular formula is C15H20N2O4. The Bertz CT molecular complexity index is 493. The van der Waals surface area contributed by atoms with Gasteiger partial charge in [-0.1, -0.05) is 18.2 Å². The van der Waals surface area contributed by atoms with E-state index in [1.165, 1.54) is 4.90 Å². The van der Waals surface area contributed by atoms with Crippen molar-refractivity contribution in [2.24, 2.45) is 0 Å². The van der Waals surface area contributed by atoms with Crippen molar-refractivity contribution in [3.05, 3.63) is 29.8 Å². The molecule has 21 heavy (non-hydrogen) atoms. The summed E-state index contributed by atoms with van der Waals surface area (Å²) >= 11 is 0. The SMILES string of the molecule is CCN(CCC(=O)O)C(=O)NCC1Cc2ccccc2O1. The van der Waals surface area contributed by atoms with E-state index in [0.29, 0.717) is 13.1 Å². The first-order valence-electron chi connectivity index (χ1n) is 7.09. The van der Waals surface area contributed by atoms with Crippen molar-refractivity contribution in [1.29, 1.82) is 0 Å². The van der Waals surface area contributed by atoms with Crippen molar-refractivity contribution in [1.82, 2.24) is 10.2 Å². The fourth-order valence-corrected chi connectivity index (χ4v) is 2.31. The first-order chi connectivity index (χ1) is 10.1. The number of carbonyl (C=O) groups is 2. The fraction of sp³-hybridized carbons (Fsp3) is 0.467. The molecule has 0 saturated carbocycles. The maximum Gasteiger partial charge on any atom is 0.317 e. The second-order valence-corrected chi connectivity index (χ2v) is 4.96. The van der Waals surface area contributed by atoms with Gasteiger partial charge < -0.3 is 20.1 Å². The molecule has 0 radical (unpaired) electrons. The second kappa shape index (κ2) is 6.97. The van der Waals surface area contributed by atoms with Gasteiger partial charge in [0.2, 0.25) is 0 Å². The van der Waals surface area contributed by atoms with E-state index in [4.69, 9.17) is 9.84 Å². The number of ether oxygens (including phenoxy) is 1. The molecule has 6 nitrogen and oxygen atoms in total. The Labute approximate surface area is 123 Å². The van der Waals surface area contributed by atoms with Crippen LogP contribution >= 0.6 is 0 Å². The van der Waals surface area contributed by atoms with Gasteiger partial charge in [-0.05, 0) is 18.6 Å². The summed E-state index contributed by atoms with van der Waals surface area (Å²) < 4.78 is 5.74. The van der Waals surface area contributed by atoms with E-state index in [1.807, 2.05) is 31.2 Å². The van der Waals surface area contributed by atoms with Crippen LogP contribution in [0.4, 0.5) is 4.79 Å². The van der Waals surface area contributed by atoms with E-state index < -0.39 is 5.97 Å². The Hall–Kier alpha value is -2.24. The number of hydrogen-bond acceptors (Lipinski definition) is 3. The summed E-state index contributed by atoms with van der Waals surface area (Å²) in [6.07, 6.45) is 0.661. The molecule has 1 heterocycles. The number of fused-ring (bicyclic) bond motifs is 1. The molecule has 2 rings (SSSR count). The summed E-state index contributed by atoms with van der Waals surface area (Å²) in [4.78, 5) is 24.0. The molecule has 0 aliphatic carbocycles. The lowest BCUT2D eigenvalue weighted by Crippen LogP contribution is -2.44. The van der Waals surface area contributed by atoms with E-state index in [0.717, 1.165) is 17.7 Å². The molecule has 0 saturated heterocycles. The predicted octanol–water partition coefficient (Wildman–Crippen LogP) is 1.50. The average molecular weight is 292 g/mol. The Kier molecular flexibility index (Phi) is 5.03. The van der Waals surface area contributed by atoms with Crippen LogP contribution in [-0.4, -0.2) is 47.7 Å². The number of aliphatic carboxylic acids is 1. The molecule has 1 aliphatic rings. The molecule has 0 aromatic heterocycles. The number of benzene rings is 1. The number of carboxylic acid groups (broad SMARTS) is 1. The molecule has 1 aromatic carbocycles. The summed E-state index contributed by atoms with van der Waals surface area (Å²) in [5.74, 6) is -0.0363. The minimum atomic E-state index is -0.907. The van der Waals surface area contributed by atoms with Gasteiger partial charge in [0.25, 0.3) is 0 Å². The van der Waals surface area contributed by atoms with E-state index in [1.54, 1.807) is 0 Å². The lowest BCUT2D eigenvalue weighted by Gasteiger charge is -2.21. The highest BCUT2D eigenvalue weighted by molar-refractivity contribution is 5.75. The minimum absolute atomic E-state index is 0.0490. The zero-order chi connectivity index (χ0) is 15.2. The van der Waals surface area contributed by atoms with Crippen molar-refractivity contribution in [2.75, 3.05) is 19.6 Å². The second-order valence-electron chi connectivity index (χ2n) is 4.96. The van der Waals surface area contributed by atoms with Crippen LogP contribution < -0.4 is 10.1 Å². The number of rotatable bonds is 6. The molecule has 1 aliphatic heterocycles. The van der Waals surface area contributed by atoms with Gasteiger partial charge in [-0.3, -0.25) is 4.79 Å². The Morgan fingerprint density at radius 1 is 1.43 bits per heavy atom. The van der Waals surface area contributed by atoms with E-state index in [-0.39, 0.29) is 25.1 Å². The van der Waals surface area contributed by atoms with E-state index in [2.05, 4.69) is 5.32 Å². The van der Waals surface area contributed by atoms with Gasteiger partial charge in [0, 0.05) is 19.5 Å². The number of nitrogens with one attached hydrogen (secondary N) is 1. The molecular weight excluding hydrogens is 272 g/mol. The fourth-order valence-electron chi connectivity index (χ4n) is 2.31. The summed E-state index contributed by atoms with van der Waals surface area (Å²) in [5.41, 5.74) is 1.15. The molecule has 1 atom stereocenters. The normalized spacial score (nSPS) is 16.0. The van der Waals surface area contributed by atoms with Crippen molar-refractivity contribution in [3.8, 4) is 5.75 Å². The minimum Gasteiger partial charge on any atom is -0.488 e. The zero-order valence-corrected chi connectivity index (χ0v) is 12.0. The molecule has 1 unspecified atom stereocenters. The van der Waals surface area contributed by atoms with E-state index >= 15 is 0 Å². The van der Waals surface area contributed by atoms with Crippen LogP contribution in [0.25, 0.3) is 0 Å². The summed E-state index contributed by atoms with van der Waals surface area (Å²) in [6, 6.07) is 7.57. The van der Waals surface area contributed by atoms with Gasteiger partial charge in [-0.25, -0.2) is 4.79 Å². The number of carbonyl (C=O) groups excluding carboxylic acids is 1. The maximum absolute atomic E-state index is 12.0. The molecule has 2 amide bonds. The molecule has 0 bridgehead atoms. The first kappa shape index (κ1) is 15.2. The van der Waals surface area contributed by atoms with Crippen molar-refractivity contribution in [3.63, 3.8) is 0 Å². The smallest absolute Gasteiger partial charge is 0.317 e. The number of urea groups is 1. The lowest BCUT2D eigenvalue weighted by molar-refractivity contribution is -0.137. The number of amides is 2. The average Bonchev–Trinajstić information content (AvgIpc) is 2.88. The van der Waals surface area contributed by atoms with Crippen LogP contribution in [0.1, 0.15) is 18.9 Å². The van der Waals surface area contributed by atoms with Crippen LogP contribution in [0.3, 0.4) is 0 Å². The number of carboxylic acids is 1. The molecule has 6 heteroatoms. The van der Waals surface area contributed by atoms with Crippen LogP contribution in [0.15, 0.2) is 24.3 Å². The number of nitrogens with zero attached hydrogens (tertiary/aromatic N) is 1. The van der Waals surface area contributed by atoms with Crippen molar-refractivity contribution >= 4 is 12.0 Å². The van der Waals surface area contributed by atoms with Gasteiger partial charge in [0.15, 0.2) is 0 Å². The van der Waals surface area contributed by atoms with Crippen LogP contribution in [0.5, 0.6) is 5.75 Å². The Balaban J connectivity index is 1.78.